The molecule has 1 amide bonds. The predicted molar refractivity (Wildman–Crippen MR) is 101 cm³/mol. The van der Waals surface area contributed by atoms with Crippen molar-refractivity contribution in [3.8, 4) is 5.75 Å². The van der Waals surface area contributed by atoms with Gasteiger partial charge in [0.25, 0.3) is 5.91 Å². The maximum Gasteiger partial charge on any atom is 0.253 e. The maximum atomic E-state index is 13.0. The van der Waals surface area contributed by atoms with Gasteiger partial charge in [-0.2, -0.15) is 0 Å². The smallest absolute Gasteiger partial charge is 0.253 e. The number of carbonyl (C=O) groups is 1. The molecule has 1 heterocycles. The van der Waals surface area contributed by atoms with Crippen molar-refractivity contribution in [1.82, 2.24) is 4.90 Å². The number of amides is 1. The number of benzene rings is 2. The summed E-state index contributed by atoms with van der Waals surface area (Å²) in [5.74, 6) is 0.776. The second-order valence-electron chi connectivity index (χ2n) is 5.85. The SMILES string of the molecule is COCCN(Cc1ccccc1)C(=O)C1=Cc2cc(Br)ccc2OC1. The number of ether oxygens (including phenoxy) is 2. The Bertz CT molecular complexity index is 774. The van der Waals surface area contributed by atoms with Crippen LogP contribution in [0.25, 0.3) is 6.08 Å². The number of nitrogens with zero attached hydrogens (tertiary/aromatic N) is 1. The first-order valence-corrected chi connectivity index (χ1v) is 8.92. The summed E-state index contributed by atoms with van der Waals surface area (Å²) in [4.78, 5) is 14.8. The fourth-order valence-electron chi connectivity index (χ4n) is 2.73. The summed E-state index contributed by atoms with van der Waals surface area (Å²) in [6, 6.07) is 15.8. The van der Waals surface area contributed by atoms with Gasteiger partial charge in [0.05, 0.1) is 12.2 Å². The summed E-state index contributed by atoms with van der Waals surface area (Å²) in [7, 11) is 1.64. The van der Waals surface area contributed by atoms with Crippen molar-refractivity contribution in [2.75, 3.05) is 26.9 Å². The molecule has 0 fully saturated rings. The van der Waals surface area contributed by atoms with E-state index in [1.54, 1.807) is 12.0 Å². The van der Waals surface area contributed by atoms with Gasteiger partial charge in [0.1, 0.15) is 12.4 Å². The highest BCUT2D eigenvalue weighted by atomic mass is 79.9. The van der Waals surface area contributed by atoms with Crippen LogP contribution < -0.4 is 4.74 Å². The first-order valence-electron chi connectivity index (χ1n) is 8.12. The Hall–Kier alpha value is -2.11. The highest BCUT2D eigenvalue weighted by Gasteiger charge is 2.22. The topological polar surface area (TPSA) is 38.8 Å². The van der Waals surface area contributed by atoms with Crippen LogP contribution in [0.15, 0.2) is 58.6 Å². The molecule has 0 bridgehead atoms. The Labute approximate surface area is 156 Å². The van der Waals surface area contributed by atoms with Crippen molar-refractivity contribution in [2.24, 2.45) is 0 Å². The number of carbonyl (C=O) groups excluding carboxylic acids is 1. The van der Waals surface area contributed by atoms with Crippen LogP contribution in [-0.4, -0.2) is 37.7 Å². The molecule has 25 heavy (non-hydrogen) atoms. The Morgan fingerprint density at radius 1 is 1.24 bits per heavy atom. The van der Waals surface area contributed by atoms with Gasteiger partial charge in [0, 0.05) is 30.2 Å². The zero-order valence-electron chi connectivity index (χ0n) is 14.1. The van der Waals surface area contributed by atoms with Gasteiger partial charge < -0.3 is 14.4 Å². The van der Waals surface area contributed by atoms with Crippen LogP contribution in [-0.2, 0) is 16.1 Å². The van der Waals surface area contributed by atoms with Crippen LogP contribution in [0, 0.1) is 0 Å². The fraction of sp³-hybridized carbons (Fsp3) is 0.250. The molecule has 1 aliphatic rings. The number of fused-ring (bicyclic) bond motifs is 1. The third-order valence-corrected chi connectivity index (χ3v) is 4.52. The lowest BCUT2D eigenvalue weighted by Gasteiger charge is -2.26. The molecule has 2 aromatic rings. The lowest BCUT2D eigenvalue weighted by molar-refractivity contribution is -0.128. The summed E-state index contributed by atoms with van der Waals surface area (Å²) < 4.78 is 11.9. The van der Waals surface area contributed by atoms with Crippen LogP contribution in [0.3, 0.4) is 0 Å². The van der Waals surface area contributed by atoms with Crippen LogP contribution in [0.5, 0.6) is 5.75 Å². The molecular formula is C20H20BrNO3. The van der Waals surface area contributed by atoms with E-state index >= 15 is 0 Å². The van der Waals surface area contributed by atoms with Crippen LogP contribution in [0.4, 0.5) is 0 Å². The van der Waals surface area contributed by atoms with Gasteiger partial charge in [0.15, 0.2) is 0 Å². The van der Waals surface area contributed by atoms with Gasteiger partial charge in [-0.3, -0.25) is 4.79 Å². The van der Waals surface area contributed by atoms with Crippen molar-refractivity contribution in [1.29, 1.82) is 0 Å². The van der Waals surface area contributed by atoms with E-state index in [-0.39, 0.29) is 12.5 Å². The van der Waals surface area contributed by atoms with Crippen molar-refractivity contribution in [2.45, 2.75) is 6.54 Å². The van der Waals surface area contributed by atoms with E-state index in [0.717, 1.165) is 21.3 Å². The molecule has 0 saturated carbocycles. The van der Waals surface area contributed by atoms with Crippen LogP contribution in [0.2, 0.25) is 0 Å². The number of rotatable bonds is 6. The number of halogens is 1. The molecule has 0 N–H and O–H groups in total. The Morgan fingerprint density at radius 3 is 2.80 bits per heavy atom. The highest BCUT2D eigenvalue weighted by Crippen LogP contribution is 2.29. The molecule has 0 radical (unpaired) electrons. The minimum absolute atomic E-state index is 0.0217. The summed E-state index contributed by atoms with van der Waals surface area (Å²) in [5, 5.41) is 0. The molecule has 0 atom stereocenters. The van der Waals surface area contributed by atoms with E-state index in [1.807, 2.05) is 54.6 Å². The lowest BCUT2D eigenvalue weighted by atomic mass is 10.1. The van der Waals surface area contributed by atoms with E-state index in [0.29, 0.717) is 25.3 Å². The Morgan fingerprint density at radius 2 is 2.04 bits per heavy atom. The molecule has 2 aromatic carbocycles. The fourth-order valence-corrected chi connectivity index (χ4v) is 3.11. The van der Waals surface area contributed by atoms with Crippen molar-refractivity contribution < 1.29 is 14.3 Å². The van der Waals surface area contributed by atoms with E-state index in [4.69, 9.17) is 9.47 Å². The van der Waals surface area contributed by atoms with Crippen molar-refractivity contribution >= 4 is 27.9 Å². The average molecular weight is 402 g/mol. The molecule has 5 heteroatoms. The van der Waals surface area contributed by atoms with Gasteiger partial charge >= 0.3 is 0 Å². The highest BCUT2D eigenvalue weighted by molar-refractivity contribution is 9.10. The minimum atomic E-state index is -0.0217. The normalized spacial score (nSPS) is 12.8. The summed E-state index contributed by atoms with van der Waals surface area (Å²) >= 11 is 3.46. The van der Waals surface area contributed by atoms with Crippen molar-refractivity contribution in [3.05, 3.63) is 69.7 Å². The number of hydrogen-bond acceptors (Lipinski definition) is 3. The van der Waals surface area contributed by atoms with Gasteiger partial charge in [-0.15, -0.1) is 0 Å². The summed E-state index contributed by atoms with van der Waals surface area (Å²) in [6.45, 7) is 1.86. The molecule has 130 valence electrons. The second kappa shape index (κ2) is 8.32. The Kier molecular flexibility index (Phi) is 5.89. The van der Waals surface area contributed by atoms with Crippen LogP contribution in [0.1, 0.15) is 11.1 Å². The molecule has 1 aliphatic heterocycles. The van der Waals surface area contributed by atoms with Gasteiger partial charge in [-0.25, -0.2) is 0 Å². The first kappa shape index (κ1) is 17.7. The predicted octanol–water partition coefficient (Wildman–Crippen LogP) is 3.90. The monoisotopic (exact) mass is 401 g/mol. The zero-order chi connectivity index (χ0) is 17.6. The third-order valence-electron chi connectivity index (χ3n) is 4.03. The molecule has 4 nitrogen and oxygen atoms in total. The second-order valence-corrected chi connectivity index (χ2v) is 6.76. The third kappa shape index (κ3) is 4.50. The molecule has 0 unspecified atom stereocenters. The zero-order valence-corrected chi connectivity index (χ0v) is 15.7. The van der Waals surface area contributed by atoms with Gasteiger partial charge in [0.2, 0.25) is 0 Å². The van der Waals surface area contributed by atoms with Crippen LogP contribution >= 0.6 is 15.9 Å². The molecule has 0 aliphatic carbocycles. The Balaban J connectivity index is 1.82. The number of hydrogen-bond donors (Lipinski definition) is 0. The standard InChI is InChI=1S/C20H20BrNO3/c1-24-10-9-22(13-15-5-3-2-4-6-15)20(23)17-11-16-12-18(21)7-8-19(16)25-14-17/h2-8,11-12H,9-10,13-14H2,1H3. The van der Waals surface area contributed by atoms with E-state index < -0.39 is 0 Å². The quantitative estimate of drug-likeness (QED) is 0.736. The first-order chi connectivity index (χ1) is 12.2. The molecule has 0 aromatic heterocycles. The van der Waals surface area contributed by atoms with Gasteiger partial charge in [-0.1, -0.05) is 46.3 Å². The van der Waals surface area contributed by atoms with Crippen molar-refractivity contribution in [3.63, 3.8) is 0 Å². The average Bonchev–Trinajstić information content (AvgIpc) is 2.64. The lowest BCUT2D eigenvalue weighted by Crippen LogP contribution is -2.36. The van der Waals surface area contributed by atoms with Gasteiger partial charge in [-0.05, 0) is 29.8 Å². The molecule has 0 saturated heterocycles. The maximum absolute atomic E-state index is 13.0. The summed E-state index contributed by atoms with van der Waals surface area (Å²) in [6.07, 6.45) is 1.91. The molecular weight excluding hydrogens is 382 g/mol. The summed E-state index contributed by atoms with van der Waals surface area (Å²) in [5.41, 5.74) is 2.65. The number of methoxy groups -OCH3 is 1. The minimum Gasteiger partial charge on any atom is -0.488 e. The largest absolute Gasteiger partial charge is 0.488 e. The van der Waals surface area contributed by atoms with E-state index in [2.05, 4.69) is 15.9 Å². The molecule has 3 rings (SSSR count). The van der Waals surface area contributed by atoms with E-state index in [9.17, 15) is 4.79 Å². The molecule has 0 spiro atoms. The van der Waals surface area contributed by atoms with E-state index in [1.165, 1.54) is 0 Å².